The molecule has 0 saturated heterocycles. The molecule has 1 aliphatic carbocycles. The lowest BCUT2D eigenvalue weighted by molar-refractivity contribution is 0.205. The molecule has 0 radical (unpaired) electrons. The maximum absolute atomic E-state index is 13.8. The topological polar surface area (TPSA) is 119 Å². The summed E-state index contributed by atoms with van der Waals surface area (Å²) in [7, 11) is 0. The molecule has 0 atom stereocenters. The summed E-state index contributed by atoms with van der Waals surface area (Å²) in [5, 5.41) is 10.6. The number of amides is 1. The number of halogens is 2. The lowest BCUT2D eigenvalue weighted by Crippen LogP contribution is -2.16. The van der Waals surface area contributed by atoms with E-state index in [-0.39, 0.29) is 5.82 Å². The van der Waals surface area contributed by atoms with Crippen LogP contribution < -0.4 is 11.1 Å². The van der Waals surface area contributed by atoms with E-state index in [2.05, 4.69) is 26.0 Å². The normalized spacial score (nSPS) is 14.0. The van der Waals surface area contributed by atoms with Crippen LogP contribution in [-0.2, 0) is 0 Å². The fraction of sp³-hybridized carbons (Fsp3) is 0.294. The number of carbonyl (C=O) groups is 1. The van der Waals surface area contributed by atoms with Crippen LogP contribution in [-0.4, -0.2) is 36.8 Å². The Morgan fingerprint density at radius 1 is 1.33 bits per heavy atom. The third kappa shape index (κ3) is 4.81. The molecule has 1 saturated carbocycles. The predicted octanol–water partition coefficient (Wildman–Crippen LogP) is 3.54. The van der Waals surface area contributed by atoms with Crippen LogP contribution in [0.2, 0.25) is 0 Å². The molecule has 1 fully saturated rings. The summed E-state index contributed by atoms with van der Waals surface area (Å²) < 4.78 is 16.2. The molecule has 1 aromatic carbocycles. The van der Waals surface area contributed by atoms with Gasteiger partial charge in [0.1, 0.15) is 17.7 Å². The van der Waals surface area contributed by atoms with Gasteiger partial charge in [0.2, 0.25) is 5.95 Å². The Morgan fingerprint density at radius 2 is 2.04 bits per heavy atom. The van der Waals surface area contributed by atoms with Gasteiger partial charge >= 0.3 is 6.09 Å². The maximum Gasteiger partial charge on any atom is 0.402 e. The van der Waals surface area contributed by atoms with Gasteiger partial charge in [-0.1, -0.05) is 12.8 Å². The maximum atomic E-state index is 13.8. The fourth-order valence-corrected chi connectivity index (χ4v) is 3.29. The molecule has 0 aliphatic heterocycles. The molecule has 142 valence electrons. The van der Waals surface area contributed by atoms with Crippen molar-refractivity contribution in [3.8, 4) is 5.69 Å². The Balaban J connectivity index is 0.000000481. The van der Waals surface area contributed by atoms with E-state index in [1.165, 1.54) is 18.9 Å². The minimum absolute atomic E-state index is 0.247. The van der Waals surface area contributed by atoms with Gasteiger partial charge in [0, 0.05) is 9.61 Å². The Morgan fingerprint density at radius 3 is 2.70 bits per heavy atom. The second-order valence-corrected chi connectivity index (χ2v) is 7.24. The number of nitrogens with one attached hydrogen (secondary N) is 1. The van der Waals surface area contributed by atoms with Crippen LogP contribution >= 0.6 is 22.6 Å². The number of aromatic nitrogens is 4. The molecule has 4 N–H and O–H groups in total. The van der Waals surface area contributed by atoms with Crippen molar-refractivity contribution in [3.63, 3.8) is 0 Å². The minimum atomic E-state index is -1.33. The van der Waals surface area contributed by atoms with Crippen molar-refractivity contribution in [3.05, 3.63) is 40.1 Å². The molecule has 2 heterocycles. The van der Waals surface area contributed by atoms with Gasteiger partial charge in [-0.05, 0) is 53.6 Å². The largest absolute Gasteiger partial charge is 0.465 e. The number of carboxylic acid groups (broad SMARTS) is 1. The summed E-state index contributed by atoms with van der Waals surface area (Å²) in [4.78, 5) is 22.0. The van der Waals surface area contributed by atoms with E-state index in [4.69, 9.17) is 9.90 Å². The predicted molar refractivity (Wildman–Crippen MR) is 107 cm³/mol. The Kier molecular flexibility index (Phi) is 6.04. The van der Waals surface area contributed by atoms with Crippen molar-refractivity contribution in [2.75, 3.05) is 5.32 Å². The number of nitrogens with zero attached hydrogens (tertiary/aromatic N) is 4. The van der Waals surface area contributed by atoms with Gasteiger partial charge in [0.05, 0.1) is 11.9 Å². The second-order valence-electron chi connectivity index (χ2n) is 6.08. The summed E-state index contributed by atoms with van der Waals surface area (Å²) in [6, 6.07) is 5.54. The summed E-state index contributed by atoms with van der Waals surface area (Å²) in [5.74, 6) is 0.362. The van der Waals surface area contributed by atoms with Crippen LogP contribution in [0.25, 0.3) is 16.9 Å². The number of hydrogen-bond acceptors (Lipinski definition) is 5. The highest BCUT2D eigenvalue weighted by Gasteiger charge is 2.16. The van der Waals surface area contributed by atoms with Gasteiger partial charge < -0.3 is 16.2 Å². The lowest BCUT2D eigenvalue weighted by Gasteiger charge is -2.11. The van der Waals surface area contributed by atoms with Crippen molar-refractivity contribution in [1.29, 1.82) is 0 Å². The fourth-order valence-electron chi connectivity index (χ4n) is 2.96. The lowest BCUT2D eigenvalue weighted by atomic mass is 10.2. The van der Waals surface area contributed by atoms with Crippen molar-refractivity contribution in [2.45, 2.75) is 31.7 Å². The number of fused-ring (bicyclic) bond motifs is 1. The summed E-state index contributed by atoms with van der Waals surface area (Å²) >= 11 is 1.97. The third-order valence-corrected chi connectivity index (χ3v) is 5.04. The first-order valence-electron chi connectivity index (χ1n) is 8.34. The SMILES string of the molecule is Fc1cc(-n2cnc3cnc(NC4CCCC4)nc32)ccc1I.NC(=O)O. The Bertz CT molecular complexity index is 954. The van der Waals surface area contributed by atoms with E-state index in [1.54, 1.807) is 23.2 Å². The highest BCUT2D eigenvalue weighted by atomic mass is 127. The van der Waals surface area contributed by atoms with Crippen LogP contribution in [0.1, 0.15) is 25.7 Å². The molecule has 8 nitrogen and oxygen atoms in total. The number of anilines is 1. The van der Waals surface area contributed by atoms with E-state index < -0.39 is 6.09 Å². The van der Waals surface area contributed by atoms with E-state index in [0.29, 0.717) is 32.4 Å². The van der Waals surface area contributed by atoms with Crippen molar-refractivity contribution < 1.29 is 14.3 Å². The van der Waals surface area contributed by atoms with Gasteiger partial charge in [-0.2, -0.15) is 4.98 Å². The molecule has 2 aromatic heterocycles. The molecule has 0 spiro atoms. The van der Waals surface area contributed by atoms with Gasteiger partial charge in [-0.15, -0.1) is 0 Å². The summed E-state index contributed by atoms with van der Waals surface area (Å²) in [5.41, 5.74) is 6.11. The van der Waals surface area contributed by atoms with Crippen LogP contribution in [0.5, 0.6) is 0 Å². The van der Waals surface area contributed by atoms with Gasteiger partial charge in [0.15, 0.2) is 5.65 Å². The molecule has 4 rings (SSSR count). The zero-order chi connectivity index (χ0) is 19.4. The smallest absolute Gasteiger partial charge is 0.402 e. The zero-order valence-corrected chi connectivity index (χ0v) is 16.4. The molecule has 27 heavy (non-hydrogen) atoms. The Labute approximate surface area is 168 Å². The monoisotopic (exact) mass is 484 g/mol. The molecule has 0 bridgehead atoms. The minimum Gasteiger partial charge on any atom is -0.465 e. The van der Waals surface area contributed by atoms with E-state index >= 15 is 0 Å². The molecule has 1 amide bonds. The van der Waals surface area contributed by atoms with E-state index in [0.717, 1.165) is 12.8 Å². The number of primary amides is 1. The highest BCUT2D eigenvalue weighted by Crippen LogP contribution is 2.23. The highest BCUT2D eigenvalue weighted by molar-refractivity contribution is 14.1. The number of hydrogen-bond donors (Lipinski definition) is 3. The van der Waals surface area contributed by atoms with Crippen LogP contribution in [0.4, 0.5) is 15.1 Å². The van der Waals surface area contributed by atoms with E-state index in [9.17, 15) is 4.39 Å². The first kappa shape index (κ1) is 19.3. The molecule has 10 heteroatoms. The standard InChI is InChI=1S/C16H15FIN5.CH3NO2/c17-12-7-11(5-6-13(12)18)23-9-20-14-8-19-16(22-15(14)23)21-10-3-1-2-4-10;2-1(3)4/h5-10H,1-4H2,(H,19,21,22);2H2,(H,3,4). The first-order valence-corrected chi connectivity index (χ1v) is 9.42. The van der Waals surface area contributed by atoms with Crippen molar-refractivity contribution in [1.82, 2.24) is 19.5 Å². The van der Waals surface area contributed by atoms with Crippen molar-refractivity contribution in [2.24, 2.45) is 5.73 Å². The number of imidazole rings is 1. The van der Waals surface area contributed by atoms with Gasteiger partial charge in [-0.3, -0.25) is 4.57 Å². The van der Waals surface area contributed by atoms with Gasteiger partial charge in [-0.25, -0.2) is 19.2 Å². The average molecular weight is 484 g/mol. The molecule has 3 aromatic rings. The number of rotatable bonds is 3. The number of nitrogens with two attached hydrogens (primary N) is 1. The zero-order valence-electron chi connectivity index (χ0n) is 14.3. The number of benzene rings is 1. The van der Waals surface area contributed by atoms with E-state index in [1.807, 2.05) is 28.7 Å². The molecular weight excluding hydrogens is 466 g/mol. The molecule has 0 unspecified atom stereocenters. The van der Waals surface area contributed by atoms with Crippen LogP contribution in [0, 0.1) is 9.39 Å². The second kappa shape index (κ2) is 8.46. The van der Waals surface area contributed by atoms with Crippen LogP contribution in [0.15, 0.2) is 30.7 Å². The summed E-state index contributed by atoms with van der Waals surface area (Å²) in [6.07, 6.45) is 6.84. The Hall–Kier alpha value is -2.50. The van der Waals surface area contributed by atoms with Crippen molar-refractivity contribution >= 4 is 45.8 Å². The summed E-state index contributed by atoms with van der Waals surface area (Å²) in [6.45, 7) is 0. The third-order valence-electron chi connectivity index (χ3n) is 4.16. The van der Waals surface area contributed by atoms with Gasteiger partial charge in [0.25, 0.3) is 0 Å². The average Bonchev–Trinajstić information content (AvgIpc) is 3.26. The quantitative estimate of drug-likeness (QED) is 0.490. The first-order chi connectivity index (χ1) is 12.9. The van der Waals surface area contributed by atoms with Crippen LogP contribution in [0.3, 0.4) is 0 Å². The molecule has 1 aliphatic rings. The molecular formula is C17H18FIN6O2.